The van der Waals surface area contributed by atoms with Crippen molar-refractivity contribution in [1.82, 2.24) is 4.90 Å². The molecular formula is C21H23BrN3O3+. The molecule has 2 aliphatic rings. The second-order valence-corrected chi connectivity index (χ2v) is 8.07. The Morgan fingerprint density at radius 2 is 1.93 bits per heavy atom. The molecule has 2 aromatic rings. The largest absolute Gasteiger partial charge is 0.370 e. The maximum atomic E-state index is 13.3. The van der Waals surface area contributed by atoms with Crippen molar-refractivity contribution >= 4 is 33.4 Å². The fourth-order valence-corrected chi connectivity index (χ4v) is 4.24. The van der Waals surface area contributed by atoms with E-state index in [9.17, 15) is 9.59 Å². The molecule has 28 heavy (non-hydrogen) atoms. The summed E-state index contributed by atoms with van der Waals surface area (Å²) in [6, 6.07) is 15.3. The van der Waals surface area contributed by atoms with E-state index in [0.29, 0.717) is 19.8 Å². The Morgan fingerprint density at radius 1 is 1.18 bits per heavy atom. The standard InChI is InChI=1S/C21H22BrN3O3/c22-16-6-7-18-17(12-16)21(15-4-2-1-3-5-15)25(13-19(26)23-18)20(27)14-24-8-10-28-11-9-24/h1-7,12,21H,8-11,13-14H2,(H,23,26)/p+1/t21-/m1/s1. The summed E-state index contributed by atoms with van der Waals surface area (Å²) in [6.45, 7) is 3.35. The van der Waals surface area contributed by atoms with Gasteiger partial charge in [0.15, 0.2) is 6.54 Å². The first-order chi connectivity index (χ1) is 13.6. The fourth-order valence-electron chi connectivity index (χ4n) is 3.86. The Labute approximate surface area is 172 Å². The number of nitrogens with zero attached hydrogens (tertiary/aromatic N) is 1. The molecule has 7 heteroatoms. The van der Waals surface area contributed by atoms with Crippen molar-refractivity contribution < 1.29 is 19.2 Å². The second-order valence-electron chi connectivity index (χ2n) is 7.15. The van der Waals surface area contributed by atoms with Gasteiger partial charge in [-0.3, -0.25) is 9.59 Å². The summed E-state index contributed by atoms with van der Waals surface area (Å²) >= 11 is 3.53. The number of amides is 2. The number of nitrogens with one attached hydrogen (secondary N) is 2. The molecule has 1 fully saturated rings. The zero-order chi connectivity index (χ0) is 19.5. The highest BCUT2D eigenvalue weighted by Gasteiger charge is 2.35. The molecule has 0 bridgehead atoms. The van der Waals surface area contributed by atoms with Crippen LogP contribution in [0, 0.1) is 0 Å². The minimum Gasteiger partial charge on any atom is -0.370 e. The number of morpholine rings is 1. The first-order valence-corrected chi connectivity index (χ1v) is 10.3. The van der Waals surface area contributed by atoms with Crippen LogP contribution < -0.4 is 10.2 Å². The number of hydrogen-bond donors (Lipinski definition) is 2. The molecule has 0 saturated carbocycles. The van der Waals surface area contributed by atoms with Gasteiger partial charge in [0, 0.05) is 15.7 Å². The van der Waals surface area contributed by atoms with Crippen molar-refractivity contribution in [3.63, 3.8) is 0 Å². The molecule has 6 nitrogen and oxygen atoms in total. The van der Waals surface area contributed by atoms with Crippen molar-refractivity contribution in [2.45, 2.75) is 6.04 Å². The summed E-state index contributed by atoms with van der Waals surface area (Å²) in [5.74, 6) is -0.193. The monoisotopic (exact) mass is 444 g/mol. The van der Waals surface area contributed by atoms with Crippen molar-refractivity contribution in [3.8, 4) is 0 Å². The first kappa shape index (κ1) is 19.1. The Morgan fingerprint density at radius 3 is 2.68 bits per heavy atom. The molecule has 2 amide bonds. The predicted molar refractivity (Wildman–Crippen MR) is 109 cm³/mol. The van der Waals surface area contributed by atoms with Gasteiger partial charge in [-0.15, -0.1) is 0 Å². The highest BCUT2D eigenvalue weighted by atomic mass is 79.9. The van der Waals surface area contributed by atoms with Crippen molar-refractivity contribution in [3.05, 3.63) is 64.1 Å². The summed E-state index contributed by atoms with van der Waals surface area (Å²) in [5, 5.41) is 2.96. The van der Waals surface area contributed by atoms with Gasteiger partial charge in [-0.25, -0.2) is 0 Å². The van der Waals surface area contributed by atoms with E-state index in [0.717, 1.165) is 34.4 Å². The summed E-state index contributed by atoms with van der Waals surface area (Å²) < 4.78 is 6.31. The lowest BCUT2D eigenvalue weighted by Gasteiger charge is -2.32. The van der Waals surface area contributed by atoms with Crippen LogP contribution >= 0.6 is 15.9 Å². The molecule has 146 valence electrons. The van der Waals surface area contributed by atoms with Gasteiger partial charge < -0.3 is 19.9 Å². The van der Waals surface area contributed by atoms with E-state index < -0.39 is 0 Å². The number of quaternary nitrogens is 1. The van der Waals surface area contributed by atoms with E-state index in [-0.39, 0.29) is 24.4 Å². The summed E-state index contributed by atoms with van der Waals surface area (Å²) in [6.07, 6.45) is 0. The summed E-state index contributed by atoms with van der Waals surface area (Å²) in [5.41, 5.74) is 2.65. The minimum absolute atomic E-state index is 0.0197. The predicted octanol–water partition coefficient (Wildman–Crippen LogP) is 1.23. The maximum Gasteiger partial charge on any atom is 0.279 e. The van der Waals surface area contributed by atoms with E-state index in [1.165, 1.54) is 4.90 Å². The van der Waals surface area contributed by atoms with Crippen molar-refractivity contribution in [2.75, 3.05) is 44.7 Å². The van der Waals surface area contributed by atoms with Crippen LogP contribution in [0.4, 0.5) is 5.69 Å². The van der Waals surface area contributed by atoms with Crippen molar-refractivity contribution in [2.24, 2.45) is 0 Å². The van der Waals surface area contributed by atoms with Crippen LogP contribution in [0.3, 0.4) is 0 Å². The molecule has 2 N–H and O–H groups in total. The number of fused-ring (bicyclic) bond motifs is 1. The van der Waals surface area contributed by atoms with Crippen LogP contribution in [0.1, 0.15) is 17.2 Å². The van der Waals surface area contributed by atoms with Gasteiger partial charge in [0.25, 0.3) is 5.91 Å². The molecule has 2 aromatic carbocycles. The van der Waals surface area contributed by atoms with Crippen LogP contribution in [-0.2, 0) is 14.3 Å². The molecule has 1 atom stereocenters. The Bertz CT molecular complexity index is 868. The van der Waals surface area contributed by atoms with Crippen LogP contribution in [0.25, 0.3) is 0 Å². The summed E-state index contributed by atoms with van der Waals surface area (Å²) in [4.78, 5) is 28.8. The van der Waals surface area contributed by atoms with Gasteiger partial charge in [0.05, 0.1) is 19.3 Å². The van der Waals surface area contributed by atoms with E-state index in [1.807, 2.05) is 48.5 Å². The molecule has 0 radical (unpaired) electrons. The molecule has 0 unspecified atom stereocenters. The second kappa shape index (κ2) is 8.43. The molecule has 0 aliphatic carbocycles. The minimum atomic E-state index is -0.319. The number of anilines is 1. The van der Waals surface area contributed by atoms with Crippen LogP contribution in [0.2, 0.25) is 0 Å². The van der Waals surface area contributed by atoms with Gasteiger partial charge in [0.2, 0.25) is 5.91 Å². The van der Waals surface area contributed by atoms with Gasteiger partial charge in [-0.2, -0.15) is 0 Å². The first-order valence-electron chi connectivity index (χ1n) is 9.47. The molecule has 0 aromatic heterocycles. The number of halogens is 1. The lowest BCUT2D eigenvalue weighted by molar-refractivity contribution is -0.900. The SMILES string of the molecule is O=C1CN(C(=O)C[NH+]2CCOCC2)[C@H](c2ccccc2)c2cc(Br)ccc2N1. The third-order valence-electron chi connectivity index (χ3n) is 5.24. The molecule has 4 rings (SSSR count). The Balaban J connectivity index is 1.73. The quantitative estimate of drug-likeness (QED) is 0.748. The fraction of sp³-hybridized carbons (Fsp3) is 0.333. The Hall–Kier alpha value is -2.22. The molecule has 2 aliphatic heterocycles. The van der Waals surface area contributed by atoms with Gasteiger partial charge in [-0.05, 0) is 23.8 Å². The van der Waals surface area contributed by atoms with E-state index >= 15 is 0 Å². The van der Waals surface area contributed by atoms with Gasteiger partial charge in [0.1, 0.15) is 19.6 Å². The van der Waals surface area contributed by atoms with E-state index in [1.54, 1.807) is 4.90 Å². The lowest BCUT2D eigenvalue weighted by atomic mass is 9.96. The van der Waals surface area contributed by atoms with Crippen LogP contribution in [0.15, 0.2) is 53.0 Å². The van der Waals surface area contributed by atoms with Crippen LogP contribution in [0.5, 0.6) is 0 Å². The molecular weight excluding hydrogens is 422 g/mol. The normalized spacial score (nSPS) is 20.2. The molecule has 0 spiro atoms. The lowest BCUT2D eigenvalue weighted by Crippen LogP contribution is -3.15. The number of carbonyl (C=O) groups is 2. The highest BCUT2D eigenvalue weighted by Crippen LogP contribution is 2.37. The molecule has 2 heterocycles. The van der Waals surface area contributed by atoms with E-state index in [4.69, 9.17) is 4.74 Å². The number of rotatable bonds is 3. The zero-order valence-electron chi connectivity index (χ0n) is 15.5. The third-order valence-corrected chi connectivity index (χ3v) is 5.74. The average molecular weight is 445 g/mol. The zero-order valence-corrected chi connectivity index (χ0v) is 17.1. The van der Waals surface area contributed by atoms with Crippen LogP contribution in [-0.4, -0.2) is 56.1 Å². The number of hydrogen-bond acceptors (Lipinski definition) is 3. The smallest absolute Gasteiger partial charge is 0.279 e. The highest BCUT2D eigenvalue weighted by molar-refractivity contribution is 9.10. The van der Waals surface area contributed by atoms with Gasteiger partial charge >= 0.3 is 0 Å². The van der Waals surface area contributed by atoms with E-state index in [2.05, 4.69) is 21.2 Å². The molecule has 1 saturated heterocycles. The number of carbonyl (C=O) groups excluding carboxylic acids is 2. The summed E-state index contributed by atoms with van der Waals surface area (Å²) in [7, 11) is 0. The Kier molecular flexibility index (Phi) is 5.75. The third kappa shape index (κ3) is 4.11. The number of benzene rings is 2. The topological polar surface area (TPSA) is 63.1 Å². The maximum absolute atomic E-state index is 13.3. The number of ether oxygens (including phenoxy) is 1. The average Bonchev–Trinajstić information content (AvgIpc) is 2.85. The van der Waals surface area contributed by atoms with Crippen molar-refractivity contribution in [1.29, 1.82) is 0 Å². The van der Waals surface area contributed by atoms with Gasteiger partial charge in [-0.1, -0.05) is 46.3 Å².